The van der Waals surface area contributed by atoms with Gasteiger partial charge in [0.1, 0.15) is 5.75 Å². The van der Waals surface area contributed by atoms with Gasteiger partial charge in [0, 0.05) is 11.0 Å². The van der Waals surface area contributed by atoms with E-state index in [0.717, 1.165) is 34.3 Å². The Labute approximate surface area is 143 Å². The first kappa shape index (κ1) is 19.0. The Kier molecular flexibility index (Phi) is 8.54. The molecule has 1 aromatic rings. The molecule has 0 saturated carbocycles. The van der Waals surface area contributed by atoms with Crippen LogP contribution in [0.1, 0.15) is 50.7 Å². The van der Waals surface area contributed by atoms with E-state index in [9.17, 15) is 4.79 Å². The lowest BCUT2D eigenvalue weighted by atomic mass is 9.99. The minimum atomic E-state index is -0.0480. The van der Waals surface area contributed by atoms with Gasteiger partial charge in [-0.15, -0.1) is 0 Å². The molecule has 22 heavy (non-hydrogen) atoms. The first-order chi connectivity index (χ1) is 10.5. The third-order valence-corrected chi connectivity index (χ3v) is 5.16. The summed E-state index contributed by atoms with van der Waals surface area (Å²) < 4.78 is 6.69. The quantitative estimate of drug-likeness (QED) is 0.680. The van der Waals surface area contributed by atoms with Crippen molar-refractivity contribution in [1.82, 2.24) is 5.32 Å². The molecule has 0 radical (unpaired) electrons. The number of rotatable bonds is 9. The highest BCUT2D eigenvalue weighted by molar-refractivity contribution is 9.10. The molecule has 0 aliphatic heterocycles. The number of ether oxygens (including phenoxy) is 1. The van der Waals surface area contributed by atoms with E-state index in [1.54, 1.807) is 0 Å². The summed E-state index contributed by atoms with van der Waals surface area (Å²) in [5.74, 6) is 1.26. The summed E-state index contributed by atoms with van der Waals surface area (Å²) in [6.45, 7) is 9.23. The number of hydrogen-bond acceptors (Lipinski definition) is 2. The predicted molar refractivity (Wildman–Crippen MR) is 95.4 cm³/mol. The standard InChI is InChI=1S/C18H28BrNO2/c1-5-7-8-15(6-2)11-20-17(21)12-22-16-9-13(3)18(19)14(4)10-16/h9-10,15H,5-8,11-12H2,1-4H3,(H,20,21). The average Bonchev–Trinajstić information content (AvgIpc) is 2.50. The number of benzene rings is 1. The number of halogens is 1. The van der Waals surface area contributed by atoms with Gasteiger partial charge in [-0.2, -0.15) is 0 Å². The first-order valence-electron chi connectivity index (χ1n) is 8.14. The zero-order valence-electron chi connectivity index (χ0n) is 14.2. The van der Waals surface area contributed by atoms with Crippen LogP contribution in [0, 0.1) is 19.8 Å². The highest BCUT2D eigenvalue weighted by Gasteiger charge is 2.09. The van der Waals surface area contributed by atoms with Gasteiger partial charge in [-0.25, -0.2) is 0 Å². The fourth-order valence-corrected chi connectivity index (χ4v) is 2.62. The van der Waals surface area contributed by atoms with Gasteiger partial charge in [0.2, 0.25) is 0 Å². The van der Waals surface area contributed by atoms with Crippen LogP contribution in [0.25, 0.3) is 0 Å². The van der Waals surface area contributed by atoms with Crippen molar-refractivity contribution in [2.75, 3.05) is 13.2 Å². The zero-order valence-corrected chi connectivity index (χ0v) is 15.8. The largest absolute Gasteiger partial charge is 0.484 e. The van der Waals surface area contributed by atoms with Gasteiger partial charge in [0.05, 0.1) is 0 Å². The summed E-state index contributed by atoms with van der Waals surface area (Å²) in [5, 5.41) is 2.98. The molecule has 0 bridgehead atoms. The van der Waals surface area contributed by atoms with Gasteiger partial charge in [0.15, 0.2) is 6.61 Å². The SMILES string of the molecule is CCCCC(CC)CNC(=O)COc1cc(C)c(Br)c(C)c1. The van der Waals surface area contributed by atoms with Crippen molar-refractivity contribution < 1.29 is 9.53 Å². The van der Waals surface area contributed by atoms with Gasteiger partial charge < -0.3 is 10.1 Å². The summed E-state index contributed by atoms with van der Waals surface area (Å²) in [6.07, 6.45) is 4.71. The second kappa shape index (κ2) is 9.88. The molecular formula is C18H28BrNO2. The van der Waals surface area contributed by atoms with Crippen LogP contribution < -0.4 is 10.1 Å². The number of aryl methyl sites for hydroxylation is 2. The van der Waals surface area contributed by atoms with Crippen LogP contribution in [0.2, 0.25) is 0 Å². The highest BCUT2D eigenvalue weighted by atomic mass is 79.9. The molecule has 1 N–H and O–H groups in total. The van der Waals surface area contributed by atoms with Crippen LogP contribution in [0.4, 0.5) is 0 Å². The van der Waals surface area contributed by atoms with Crippen molar-refractivity contribution in [2.24, 2.45) is 5.92 Å². The summed E-state index contributed by atoms with van der Waals surface area (Å²) in [4.78, 5) is 11.9. The minimum Gasteiger partial charge on any atom is -0.484 e. The van der Waals surface area contributed by atoms with E-state index in [1.807, 2.05) is 26.0 Å². The van der Waals surface area contributed by atoms with Crippen molar-refractivity contribution >= 4 is 21.8 Å². The second-order valence-corrected chi connectivity index (χ2v) is 6.67. The van der Waals surface area contributed by atoms with E-state index in [0.29, 0.717) is 5.92 Å². The number of unbranched alkanes of at least 4 members (excludes halogenated alkanes) is 1. The van der Waals surface area contributed by atoms with E-state index >= 15 is 0 Å². The second-order valence-electron chi connectivity index (χ2n) is 5.88. The van der Waals surface area contributed by atoms with Crippen molar-refractivity contribution in [2.45, 2.75) is 53.4 Å². The Morgan fingerprint density at radius 1 is 1.27 bits per heavy atom. The van der Waals surface area contributed by atoms with Gasteiger partial charge in [-0.05, 0) is 49.4 Å². The molecule has 0 saturated heterocycles. The van der Waals surface area contributed by atoms with Crippen molar-refractivity contribution in [3.8, 4) is 5.75 Å². The Morgan fingerprint density at radius 3 is 2.45 bits per heavy atom. The zero-order chi connectivity index (χ0) is 16.5. The normalized spacial score (nSPS) is 12.0. The molecule has 0 aliphatic carbocycles. The molecule has 0 aliphatic rings. The molecule has 1 atom stereocenters. The Hall–Kier alpha value is -1.03. The van der Waals surface area contributed by atoms with Crippen LogP contribution >= 0.6 is 15.9 Å². The molecule has 3 nitrogen and oxygen atoms in total. The molecule has 4 heteroatoms. The van der Waals surface area contributed by atoms with Crippen molar-refractivity contribution in [3.63, 3.8) is 0 Å². The molecule has 124 valence electrons. The fourth-order valence-electron chi connectivity index (χ4n) is 2.39. The number of amides is 1. The maximum Gasteiger partial charge on any atom is 0.257 e. The molecule has 1 aromatic carbocycles. The Balaban J connectivity index is 2.40. The average molecular weight is 370 g/mol. The molecule has 1 unspecified atom stereocenters. The third kappa shape index (κ3) is 6.39. The summed E-state index contributed by atoms with van der Waals surface area (Å²) in [6, 6.07) is 3.89. The number of carbonyl (C=O) groups is 1. The van der Waals surface area contributed by atoms with Crippen molar-refractivity contribution in [1.29, 1.82) is 0 Å². The monoisotopic (exact) mass is 369 g/mol. The van der Waals surface area contributed by atoms with Crippen LogP contribution in [0.15, 0.2) is 16.6 Å². The number of carbonyl (C=O) groups excluding carboxylic acids is 1. The number of hydrogen-bond donors (Lipinski definition) is 1. The first-order valence-corrected chi connectivity index (χ1v) is 8.93. The highest BCUT2D eigenvalue weighted by Crippen LogP contribution is 2.26. The van der Waals surface area contributed by atoms with Crippen LogP contribution in [-0.4, -0.2) is 19.1 Å². The molecule has 0 heterocycles. The van der Waals surface area contributed by atoms with Crippen LogP contribution in [-0.2, 0) is 4.79 Å². The van der Waals surface area contributed by atoms with Crippen LogP contribution in [0.3, 0.4) is 0 Å². The van der Waals surface area contributed by atoms with Crippen LogP contribution in [0.5, 0.6) is 5.75 Å². The third-order valence-electron chi connectivity index (χ3n) is 3.91. The smallest absolute Gasteiger partial charge is 0.257 e. The molecule has 0 aromatic heterocycles. The summed E-state index contributed by atoms with van der Waals surface area (Å²) in [7, 11) is 0. The maximum atomic E-state index is 11.9. The van der Waals surface area contributed by atoms with Gasteiger partial charge in [-0.1, -0.05) is 49.0 Å². The molecule has 0 spiro atoms. The molecular weight excluding hydrogens is 342 g/mol. The minimum absolute atomic E-state index is 0.0480. The lowest BCUT2D eigenvalue weighted by molar-refractivity contribution is -0.123. The lowest BCUT2D eigenvalue weighted by Gasteiger charge is -2.15. The van der Waals surface area contributed by atoms with Crippen molar-refractivity contribution in [3.05, 3.63) is 27.7 Å². The topological polar surface area (TPSA) is 38.3 Å². The molecule has 0 fully saturated rings. The molecule has 1 amide bonds. The molecule has 1 rings (SSSR count). The summed E-state index contributed by atoms with van der Waals surface area (Å²) >= 11 is 3.53. The fraction of sp³-hybridized carbons (Fsp3) is 0.611. The van der Waals surface area contributed by atoms with Gasteiger partial charge >= 0.3 is 0 Å². The Bertz CT molecular complexity index is 465. The van der Waals surface area contributed by atoms with Gasteiger partial charge in [0.25, 0.3) is 5.91 Å². The van der Waals surface area contributed by atoms with E-state index in [-0.39, 0.29) is 12.5 Å². The number of nitrogens with one attached hydrogen (secondary N) is 1. The van der Waals surface area contributed by atoms with E-state index in [4.69, 9.17) is 4.74 Å². The maximum absolute atomic E-state index is 11.9. The van der Waals surface area contributed by atoms with E-state index in [2.05, 4.69) is 35.1 Å². The van der Waals surface area contributed by atoms with Gasteiger partial charge in [-0.3, -0.25) is 4.79 Å². The predicted octanol–water partition coefficient (Wildman–Crippen LogP) is 4.78. The lowest BCUT2D eigenvalue weighted by Crippen LogP contribution is -2.33. The summed E-state index contributed by atoms with van der Waals surface area (Å²) in [5.41, 5.74) is 2.22. The van der Waals surface area contributed by atoms with E-state index < -0.39 is 0 Å². The van der Waals surface area contributed by atoms with E-state index in [1.165, 1.54) is 19.3 Å². The Morgan fingerprint density at radius 2 is 1.91 bits per heavy atom.